The Labute approximate surface area is 123 Å². The SMILES string of the molecule is CNC(C)c1ccccc1NC(=O)c1ccn(C)c(=O)c1. The molecule has 0 spiro atoms. The van der Waals surface area contributed by atoms with Crippen molar-refractivity contribution in [3.63, 3.8) is 0 Å². The van der Waals surface area contributed by atoms with Gasteiger partial charge in [0.1, 0.15) is 0 Å². The van der Waals surface area contributed by atoms with Crippen molar-refractivity contribution in [2.75, 3.05) is 12.4 Å². The zero-order valence-electron chi connectivity index (χ0n) is 12.4. The van der Waals surface area contributed by atoms with Crippen molar-refractivity contribution in [1.82, 2.24) is 9.88 Å². The molecule has 1 heterocycles. The third-order valence-corrected chi connectivity index (χ3v) is 3.48. The average Bonchev–Trinajstić information content (AvgIpc) is 2.49. The molecule has 0 aliphatic rings. The molecule has 5 nitrogen and oxygen atoms in total. The molecule has 5 heteroatoms. The van der Waals surface area contributed by atoms with Gasteiger partial charge in [0.2, 0.25) is 0 Å². The van der Waals surface area contributed by atoms with E-state index in [1.54, 1.807) is 19.3 Å². The van der Waals surface area contributed by atoms with Crippen LogP contribution in [0, 0.1) is 0 Å². The van der Waals surface area contributed by atoms with Crippen molar-refractivity contribution in [1.29, 1.82) is 0 Å². The fourth-order valence-corrected chi connectivity index (χ4v) is 2.03. The first-order valence-corrected chi connectivity index (χ1v) is 6.77. The predicted octanol–water partition coefficient (Wildman–Crippen LogP) is 1.92. The second kappa shape index (κ2) is 6.37. The third-order valence-electron chi connectivity index (χ3n) is 3.48. The molecule has 0 bridgehead atoms. The maximum absolute atomic E-state index is 12.3. The van der Waals surface area contributed by atoms with E-state index >= 15 is 0 Å². The highest BCUT2D eigenvalue weighted by atomic mass is 16.2. The zero-order chi connectivity index (χ0) is 15.4. The molecule has 21 heavy (non-hydrogen) atoms. The van der Waals surface area contributed by atoms with Crippen LogP contribution in [0.15, 0.2) is 47.4 Å². The Morgan fingerprint density at radius 3 is 2.62 bits per heavy atom. The number of amides is 1. The molecule has 1 amide bonds. The molecule has 1 atom stereocenters. The molecule has 0 saturated heterocycles. The van der Waals surface area contributed by atoms with Gasteiger partial charge in [0.25, 0.3) is 11.5 Å². The van der Waals surface area contributed by atoms with E-state index in [4.69, 9.17) is 0 Å². The van der Waals surface area contributed by atoms with Gasteiger partial charge in [0.15, 0.2) is 0 Å². The highest BCUT2D eigenvalue weighted by Crippen LogP contribution is 2.22. The molecule has 1 aromatic carbocycles. The van der Waals surface area contributed by atoms with E-state index in [9.17, 15) is 9.59 Å². The minimum absolute atomic E-state index is 0.116. The second-order valence-corrected chi connectivity index (χ2v) is 4.92. The van der Waals surface area contributed by atoms with Gasteiger partial charge in [-0.3, -0.25) is 9.59 Å². The van der Waals surface area contributed by atoms with Crippen LogP contribution in [0.5, 0.6) is 0 Å². The fourth-order valence-electron chi connectivity index (χ4n) is 2.03. The molecule has 0 radical (unpaired) electrons. The summed E-state index contributed by atoms with van der Waals surface area (Å²) in [5.74, 6) is -0.288. The van der Waals surface area contributed by atoms with E-state index in [-0.39, 0.29) is 17.5 Å². The first kappa shape index (κ1) is 15.0. The predicted molar refractivity (Wildman–Crippen MR) is 83.6 cm³/mol. The molecule has 0 fully saturated rings. The maximum atomic E-state index is 12.3. The normalized spacial score (nSPS) is 12.0. The van der Waals surface area contributed by atoms with Crippen LogP contribution in [0.2, 0.25) is 0 Å². The molecule has 0 aliphatic carbocycles. The van der Waals surface area contributed by atoms with E-state index in [0.717, 1.165) is 11.3 Å². The van der Waals surface area contributed by atoms with Crippen LogP contribution in [0.3, 0.4) is 0 Å². The molecule has 1 aromatic heterocycles. The first-order valence-electron chi connectivity index (χ1n) is 6.77. The first-order chi connectivity index (χ1) is 10.0. The van der Waals surface area contributed by atoms with Gasteiger partial charge in [-0.2, -0.15) is 0 Å². The van der Waals surface area contributed by atoms with Crippen LogP contribution < -0.4 is 16.2 Å². The van der Waals surface area contributed by atoms with E-state index in [1.807, 2.05) is 38.2 Å². The summed E-state index contributed by atoms with van der Waals surface area (Å²) in [4.78, 5) is 23.9. The number of pyridine rings is 1. The van der Waals surface area contributed by atoms with Crippen LogP contribution >= 0.6 is 0 Å². The Kier molecular flexibility index (Phi) is 4.55. The number of aromatic nitrogens is 1. The Hall–Kier alpha value is -2.40. The van der Waals surface area contributed by atoms with Crippen LogP contribution in [-0.4, -0.2) is 17.5 Å². The van der Waals surface area contributed by atoms with Crippen molar-refractivity contribution in [3.8, 4) is 0 Å². The number of carbonyl (C=O) groups excluding carboxylic acids is 1. The number of rotatable bonds is 4. The highest BCUT2D eigenvalue weighted by molar-refractivity contribution is 6.04. The lowest BCUT2D eigenvalue weighted by atomic mass is 10.1. The largest absolute Gasteiger partial charge is 0.322 e. The topological polar surface area (TPSA) is 63.1 Å². The van der Waals surface area contributed by atoms with Gasteiger partial charge in [0.05, 0.1) is 0 Å². The molecule has 2 aromatic rings. The minimum atomic E-state index is -0.288. The van der Waals surface area contributed by atoms with E-state index < -0.39 is 0 Å². The lowest BCUT2D eigenvalue weighted by molar-refractivity contribution is 0.102. The quantitative estimate of drug-likeness (QED) is 0.902. The number of aryl methyl sites for hydroxylation is 1. The van der Waals surface area contributed by atoms with E-state index in [1.165, 1.54) is 10.6 Å². The molecular weight excluding hydrogens is 266 g/mol. The van der Waals surface area contributed by atoms with Crippen LogP contribution in [0.4, 0.5) is 5.69 Å². The highest BCUT2D eigenvalue weighted by Gasteiger charge is 2.12. The standard InChI is InChI=1S/C16H19N3O2/c1-11(17-2)13-6-4-5-7-14(13)18-16(21)12-8-9-19(3)15(20)10-12/h4-11,17H,1-3H3,(H,18,21). The minimum Gasteiger partial charge on any atom is -0.322 e. The van der Waals surface area contributed by atoms with Gasteiger partial charge < -0.3 is 15.2 Å². The van der Waals surface area contributed by atoms with Crippen LogP contribution in [0.1, 0.15) is 28.9 Å². The summed E-state index contributed by atoms with van der Waals surface area (Å²) in [7, 11) is 3.51. The number of nitrogens with zero attached hydrogens (tertiary/aromatic N) is 1. The van der Waals surface area contributed by atoms with Crippen molar-refractivity contribution in [2.45, 2.75) is 13.0 Å². The summed E-state index contributed by atoms with van der Waals surface area (Å²) in [6.45, 7) is 2.02. The number of hydrogen-bond acceptors (Lipinski definition) is 3. The van der Waals surface area contributed by atoms with Crippen LogP contribution in [0.25, 0.3) is 0 Å². The molecule has 2 rings (SSSR count). The summed E-state index contributed by atoms with van der Waals surface area (Å²) in [5.41, 5.74) is 1.88. The van der Waals surface area contributed by atoms with E-state index in [0.29, 0.717) is 5.56 Å². The van der Waals surface area contributed by atoms with Crippen molar-refractivity contribution >= 4 is 11.6 Å². The number of anilines is 1. The number of nitrogens with one attached hydrogen (secondary N) is 2. The zero-order valence-corrected chi connectivity index (χ0v) is 12.4. The Morgan fingerprint density at radius 1 is 1.24 bits per heavy atom. The van der Waals surface area contributed by atoms with E-state index in [2.05, 4.69) is 10.6 Å². The van der Waals surface area contributed by atoms with Gasteiger partial charge in [0, 0.05) is 36.6 Å². The summed E-state index contributed by atoms with van der Waals surface area (Å²) in [6.07, 6.45) is 1.58. The average molecular weight is 285 g/mol. The van der Waals surface area contributed by atoms with Gasteiger partial charge >= 0.3 is 0 Å². The van der Waals surface area contributed by atoms with Gasteiger partial charge in [-0.05, 0) is 31.7 Å². The molecule has 1 unspecified atom stereocenters. The summed E-state index contributed by atoms with van der Waals surface area (Å²) < 4.78 is 1.42. The fraction of sp³-hybridized carbons (Fsp3) is 0.250. The van der Waals surface area contributed by atoms with Crippen LogP contribution in [-0.2, 0) is 7.05 Å². The number of benzene rings is 1. The summed E-state index contributed by atoms with van der Waals surface area (Å²) in [6, 6.07) is 10.7. The van der Waals surface area contributed by atoms with Gasteiger partial charge in [-0.25, -0.2) is 0 Å². The Balaban J connectivity index is 2.27. The van der Waals surface area contributed by atoms with Gasteiger partial charge in [-0.1, -0.05) is 18.2 Å². The number of para-hydroxylation sites is 1. The molecule has 2 N–H and O–H groups in total. The summed E-state index contributed by atoms with van der Waals surface area (Å²) >= 11 is 0. The number of carbonyl (C=O) groups is 1. The summed E-state index contributed by atoms with van der Waals surface area (Å²) in [5, 5.41) is 6.01. The van der Waals surface area contributed by atoms with Crippen molar-refractivity contribution < 1.29 is 4.79 Å². The lowest BCUT2D eigenvalue weighted by Crippen LogP contribution is -2.21. The third kappa shape index (κ3) is 3.38. The Bertz CT molecular complexity index is 707. The number of hydrogen-bond donors (Lipinski definition) is 2. The molecule has 0 aliphatic heterocycles. The molecule has 110 valence electrons. The second-order valence-electron chi connectivity index (χ2n) is 4.92. The smallest absolute Gasteiger partial charge is 0.255 e. The Morgan fingerprint density at radius 2 is 1.95 bits per heavy atom. The lowest BCUT2D eigenvalue weighted by Gasteiger charge is -2.16. The maximum Gasteiger partial charge on any atom is 0.255 e. The molecular formula is C16H19N3O2. The van der Waals surface area contributed by atoms with Gasteiger partial charge in [-0.15, -0.1) is 0 Å². The van der Waals surface area contributed by atoms with Crippen molar-refractivity contribution in [2.24, 2.45) is 7.05 Å². The monoisotopic (exact) mass is 285 g/mol. The van der Waals surface area contributed by atoms with Crippen molar-refractivity contribution in [3.05, 3.63) is 64.1 Å². The molecule has 0 saturated carbocycles.